The normalized spacial score (nSPS) is 11.3. The summed E-state index contributed by atoms with van der Waals surface area (Å²) in [5.74, 6) is 1.36. The fourth-order valence-corrected chi connectivity index (χ4v) is 3.27. The van der Waals surface area contributed by atoms with Crippen molar-refractivity contribution >= 4 is 27.7 Å². The Morgan fingerprint density at radius 2 is 1.87 bits per heavy atom. The second-order valence-electron chi connectivity index (χ2n) is 7.42. The quantitative estimate of drug-likeness (QED) is 0.278. The predicted molar refractivity (Wildman–Crippen MR) is 115 cm³/mol. The number of fused-ring (bicyclic) bond motifs is 3. The summed E-state index contributed by atoms with van der Waals surface area (Å²) < 4.78 is 2.10. The molecule has 0 saturated heterocycles. The molecule has 3 heterocycles. The summed E-state index contributed by atoms with van der Waals surface area (Å²) >= 11 is 0. The topological polar surface area (TPSA) is 82.1 Å². The molecule has 4 aromatic rings. The van der Waals surface area contributed by atoms with Crippen LogP contribution in [0.15, 0.2) is 60.5 Å². The molecule has 0 aliphatic heterocycles. The maximum atomic E-state index is 10.0. The van der Waals surface area contributed by atoms with Crippen molar-refractivity contribution in [2.75, 3.05) is 0 Å². The van der Waals surface area contributed by atoms with Gasteiger partial charge in [0.15, 0.2) is 5.78 Å². The third kappa shape index (κ3) is 5.43. The van der Waals surface area contributed by atoms with Crippen LogP contribution in [0.1, 0.15) is 33.4 Å². The molecule has 0 bridgehead atoms. The van der Waals surface area contributed by atoms with E-state index < -0.39 is 0 Å². The van der Waals surface area contributed by atoms with Crippen molar-refractivity contribution in [1.29, 1.82) is 0 Å². The van der Waals surface area contributed by atoms with Gasteiger partial charge in [-0.15, -0.1) is 0 Å². The first-order chi connectivity index (χ1) is 13.9. The molecular weight excluding hydrogens is 556 g/mol. The predicted octanol–water partition coefficient (Wildman–Crippen LogP) is 4.76. The van der Waals surface area contributed by atoms with Crippen LogP contribution in [0.2, 0.25) is 0 Å². The number of aromatic nitrogens is 4. The zero-order valence-corrected chi connectivity index (χ0v) is 19.9. The fraction of sp³-hybridized carbons (Fsp3) is 0.261. The van der Waals surface area contributed by atoms with Crippen LogP contribution >= 0.6 is 0 Å². The molecule has 7 heteroatoms. The van der Waals surface area contributed by atoms with E-state index in [1.807, 2.05) is 18.3 Å². The molecule has 0 fully saturated rings. The number of pyridine rings is 1. The Bertz CT molecular complexity index is 1120. The monoisotopic (exact) mass is 582 g/mol. The number of ketones is 1. The van der Waals surface area contributed by atoms with Crippen LogP contribution in [0, 0.1) is 5.92 Å². The molecule has 1 radical (unpaired) electrons. The van der Waals surface area contributed by atoms with Gasteiger partial charge in [0.1, 0.15) is 0 Å². The van der Waals surface area contributed by atoms with Gasteiger partial charge in [-0.25, -0.2) is 0 Å². The molecule has 3 aromatic heterocycles. The molecule has 0 aliphatic carbocycles. The Morgan fingerprint density at radius 1 is 1.17 bits per heavy atom. The maximum Gasteiger partial charge on any atom is 0.155 e. The number of rotatable bonds is 4. The van der Waals surface area contributed by atoms with Gasteiger partial charge in [0, 0.05) is 43.5 Å². The van der Waals surface area contributed by atoms with Gasteiger partial charge in [-0.05, 0) is 55.0 Å². The average molecular weight is 582 g/mol. The standard InChI is InChI=1S/C18H17N4.C5H8O2.Ir/c1-12(2)10-13-11-17(21-20-13)22-16-8-4-3-6-14(16)15-7-5-9-19-18(15)22;1-4(6)3-5(2)7;/h3-9,11-12H,10H2,1-2H3;3,6H,1-2H3;/q-1;;/b;4-3-;. The summed E-state index contributed by atoms with van der Waals surface area (Å²) in [5, 5.41) is 19.4. The van der Waals surface area contributed by atoms with E-state index in [0.717, 1.165) is 34.5 Å². The van der Waals surface area contributed by atoms with Crippen LogP contribution in [-0.4, -0.2) is 25.5 Å². The largest absolute Gasteiger partial charge is 0.512 e. The molecule has 1 aromatic carbocycles. The van der Waals surface area contributed by atoms with E-state index in [1.54, 1.807) is 0 Å². The Kier molecular flexibility index (Phi) is 8.09. The second kappa shape index (κ2) is 10.3. The number of para-hydroxylation sites is 1. The number of nitrogens with zero attached hydrogens (tertiary/aromatic N) is 4. The number of aliphatic hydroxyl groups is 1. The fourth-order valence-electron chi connectivity index (χ4n) is 3.27. The average Bonchev–Trinajstić information content (AvgIpc) is 3.22. The minimum atomic E-state index is -0.125. The van der Waals surface area contributed by atoms with E-state index in [-0.39, 0.29) is 31.6 Å². The zero-order valence-electron chi connectivity index (χ0n) is 17.5. The molecule has 0 amide bonds. The van der Waals surface area contributed by atoms with Gasteiger partial charge in [-0.1, -0.05) is 44.2 Å². The van der Waals surface area contributed by atoms with Crippen LogP contribution in [0.5, 0.6) is 0 Å². The summed E-state index contributed by atoms with van der Waals surface area (Å²) in [4.78, 5) is 14.6. The maximum absolute atomic E-state index is 10.0. The first kappa shape index (κ1) is 23.5. The van der Waals surface area contributed by atoms with Crippen molar-refractivity contribution < 1.29 is 30.0 Å². The van der Waals surface area contributed by atoms with E-state index in [4.69, 9.17) is 5.11 Å². The van der Waals surface area contributed by atoms with Gasteiger partial charge < -0.3 is 14.8 Å². The van der Waals surface area contributed by atoms with Gasteiger partial charge in [-0.3, -0.25) is 14.9 Å². The molecule has 1 N–H and O–H groups in total. The number of carbonyl (C=O) groups is 1. The van der Waals surface area contributed by atoms with Gasteiger partial charge in [0.2, 0.25) is 0 Å². The van der Waals surface area contributed by atoms with Crippen molar-refractivity contribution in [3.05, 3.63) is 66.2 Å². The first-order valence-corrected chi connectivity index (χ1v) is 9.58. The van der Waals surface area contributed by atoms with Gasteiger partial charge in [0.25, 0.3) is 0 Å². The second-order valence-corrected chi connectivity index (χ2v) is 7.42. The molecule has 0 spiro atoms. The molecular formula is C23H25IrN4O2-. The molecule has 0 aliphatic rings. The summed E-state index contributed by atoms with van der Waals surface area (Å²) in [6.45, 7) is 7.23. The summed E-state index contributed by atoms with van der Waals surface area (Å²) in [6, 6.07) is 14.5. The first-order valence-electron chi connectivity index (χ1n) is 9.58. The van der Waals surface area contributed by atoms with Crippen molar-refractivity contribution in [2.45, 2.75) is 34.1 Å². The Labute approximate surface area is 189 Å². The van der Waals surface area contributed by atoms with Gasteiger partial charge in [0.05, 0.1) is 11.4 Å². The Morgan fingerprint density at radius 3 is 2.50 bits per heavy atom. The van der Waals surface area contributed by atoms with Crippen LogP contribution in [-0.2, 0) is 31.3 Å². The summed E-state index contributed by atoms with van der Waals surface area (Å²) in [7, 11) is 0. The molecule has 0 unspecified atom stereocenters. The van der Waals surface area contributed by atoms with Gasteiger partial charge >= 0.3 is 0 Å². The van der Waals surface area contributed by atoms with Gasteiger partial charge in [-0.2, -0.15) is 0 Å². The molecule has 30 heavy (non-hydrogen) atoms. The molecule has 6 nitrogen and oxygen atoms in total. The number of hydrogen-bond acceptors (Lipinski definition) is 4. The molecule has 0 saturated carbocycles. The van der Waals surface area contributed by atoms with Crippen LogP contribution < -0.4 is 5.10 Å². The van der Waals surface area contributed by atoms with E-state index in [2.05, 4.69) is 63.9 Å². The van der Waals surface area contributed by atoms with Crippen molar-refractivity contribution in [1.82, 2.24) is 19.7 Å². The third-order valence-corrected chi connectivity index (χ3v) is 4.27. The zero-order chi connectivity index (χ0) is 21.0. The van der Waals surface area contributed by atoms with Crippen LogP contribution in [0.3, 0.4) is 0 Å². The molecule has 4 rings (SSSR count). The summed E-state index contributed by atoms with van der Waals surface area (Å²) in [6.07, 6.45) is 3.93. The van der Waals surface area contributed by atoms with E-state index in [1.165, 1.54) is 25.3 Å². The smallest absolute Gasteiger partial charge is 0.155 e. The minimum absolute atomic E-state index is 0. The molecule has 159 valence electrons. The third-order valence-electron chi connectivity index (χ3n) is 4.27. The minimum Gasteiger partial charge on any atom is -0.512 e. The number of benzene rings is 1. The number of carbonyl (C=O) groups excluding carboxylic acids is 1. The number of hydrogen-bond donors (Lipinski definition) is 1. The Balaban J connectivity index is 0.000000350. The van der Waals surface area contributed by atoms with E-state index in [9.17, 15) is 4.79 Å². The van der Waals surface area contributed by atoms with Crippen LogP contribution in [0.4, 0.5) is 0 Å². The van der Waals surface area contributed by atoms with Crippen molar-refractivity contribution in [3.63, 3.8) is 0 Å². The summed E-state index contributed by atoms with van der Waals surface area (Å²) in [5.41, 5.74) is 3.08. The Hall–Kier alpha value is -2.76. The van der Waals surface area contributed by atoms with E-state index in [0.29, 0.717) is 5.92 Å². The SMILES string of the molecule is CC(=O)/C=C(/C)O.CC(C)Cc1cc(-n2c3ccccc3c3cccnc32)[n-]n1.[Ir]. The number of allylic oxidation sites excluding steroid dienone is 2. The number of aliphatic hydroxyl groups excluding tert-OH is 1. The van der Waals surface area contributed by atoms with Crippen molar-refractivity contribution in [3.8, 4) is 5.82 Å². The van der Waals surface area contributed by atoms with Crippen molar-refractivity contribution in [2.24, 2.45) is 5.92 Å². The van der Waals surface area contributed by atoms with Crippen LogP contribution in [0.25, 0.3) is 27.8 Å². The van der Waals surface area contributed by atoms with E-state index >= 15 is 0 Å². The molecule has 0 atom stereocenters.